The summed E-state index contributed by atoms with van der Waals surface area (Å²) >= 11 is 0. The Morgan fingerprint density at radius 3 is 2.21 bits per heavy atom. The molecule has 0 spiro atoms. The third-order valence-electron chi connectivity index (χ3n) is 6.23. The molecule has 0 radical (unpaired) electrons. The molecule has 0 unspecified atom stereocenters. The van der Waals surface area contributed by atoms with Crippen molar-refractivity contribution in [1.82, 2.24) is 5.32 Å². The quantitative estimate of drug-likeness (QED) is 0.474. The van der Waals surface area contributed by atoms with E-state index < -0.39 is 24.1 Å². The van der Waals surface area contributed by atoms with Crippen molar-refractivity contribution in [3.05, 3.63) is 88.5 Å². The largest absolute Gasteiger partial charge is 0.496 e. The summed E-state index contributed by atoms with van der Waals surface area (Å²) in [5.74, 6) is -0.640. The van der Waals surface area contributed by atoms with E-state index in [1.54, 1.807) is 0 Å². The maximum Gasteiger partial charge on any atom is 0.416 e. The standard InChI is InChI=1S/C27H26F3NO3/c1-33-25-15-24(27(28,29)30)20(14-26(32)34-2)13-23(25)22-10-6-5-9-19(22)16-31-21-11-17-7-3-4-8-18(17)12-21/h3-10,13,15,21,31H,11-12,14,16H2,1-2H3. The third kappa shape index (κ3) is 5.09. The monoisotopic (exact) mass is 469 g/mol. The molecule has 1 aliphatic carbocycles. The highest BCUT2D eigenvalue weighted by atomic mass is 19.4. The molecular formula is C27H26F3NO3. The number of carbonyl (C=O) groups excluding carboxylic acids is 1. The first-order valence-electron chi connectivity index (χ1n) is 11.0. The van der Waals surface area contributed by atoms with E-state index in [1.165, 1.54) is 24.3 Å². The number of methoxy groups -OCH3 is 2. The Bertz CT molecular complexity index is 1160. The van der Waals surface area contributed by atoms with Gasteiger partial charge in [0.1, 0.15) is 5.75 Å². The van der Waals surface area contributed by atoms with E-state index >= 15 is 0 Å². The van der Waals surface area contributed by atoms with E-state index in [2.05, 4.69) is 22.2 Å². The molecule has 4 nitrogen and oxygen atoms in total. The summed E-state index contributed by atoms with van der Waals surface area (Å²) in [5.41, 5.74) is 3.81. The second-order valence-corrected chi connectivity index (χ2v) is 8.37. The Balaban J connectivity index is 1.66. The Morgan fingerprint density at radius 1 is 0.941 bits per heavy atom. The molecule has 0 saturated carbocycles. The van der Waals surface area contributed by atoms with Gasteiger partial charge in [0.15, 0.2) is 0 Å². The van der Waals surface area contributed by atoms with E-state index in [-0.39, 0.29) is 17.4 Å². The first-order chi connectivity index (χ1) is 16.3. The fourth-order valence-corrected chi connectivity index (χ4v) is 4.54. The van der Waals surface area contributed by atoms with Crippen molar-refractivity contribution < 1.29 is 27.4 Å². The molecule has 1 N–H and O–H groups in total. The lowest BCUT2D eigenvalue weighted by Crippen LogP contribution is -2.29. The van der Waals surface area contributed by atoms with Gasteiger partial charge in [0.25, 0.3) is 0 Å². The molecule has 1 aliphatic rings. The Hall–Kier alpha value is -3.32. The van der Waals surface area contributed by atoms with Gasteiger partial charge in [0.2, 0.25) is 0 Å². The maximum atomic E-state index is 13.7. The molecule has 0 amide bonds. The van der Waals surface area contributed by atoms with Crippen molar-refractivity contribution in [2.24, 2.45) is 0 Å². The van der Waals surface area contributed by atoms with Crippen molar-refractivity contribution in [2.75, 3.05) is 14.2 Å². The molecule has 178 valence electrons. The van der Waals surface area contributed by atoms with Crippen LogP contribution in [0.4, 0.5) is 13.2 Å². The maximum absolute atomic E-state index is 13.7. The number of rotatable bonds is 7. The van der Waals surface area contributed by atoms with Gasteiger partial charge in [-0.3, -0.25) is 4.79 Å². The molecule has 0 atom stereocenters. The van der Waals surface area contributed by atoms with Crippen LogP contribution in [-0.2, 0) is 41.5 Å². The number of nitrogens with one attached hydrogen (secondary N) is 1. The van der Waals surface area contributed by atoms with E-state index in [1.807, 2.05) is 36.4 Å². The van der Waals surface area contributed by atoms with Gasteiger partial charge >= 0.3 is 12.1 Å². The minimum absolute atomic E-state index is 0.0988. The number of benzene rings is 3. The van der Waals surface area contributed by atoms with E-state index in [9.17, 15) is 18.0 Å². The Morgan fingerprint density at radius 2 is 1.59 bits per heavy atom. The average Bonchev–Trinajstić information content (AvgIpc) is 3.25. The zero-order valence-corrected chi connectivity index (χ0v) is 19.0. The van der Waals surface area contributed by atoms with Gasteiger partial charge in [0.05, 0.1) is 26.2 Å². The topological polar surface area (TPSA) is 47.6 Å². The van der Waals surface area contributed by atoms with Crippen molar-refractivity contribution in [3.8, 4) is 16.9 Å². The van der Waals surface area contributed by atoms with Crippen LogP contribution in [0.1, 0.15) is 27.8 Å². The van der Waals surface area contributed by atoms with Crippen molar-refractivity contribution in [2.45, 2.75) is 38.0 Å². The van der Waals surface area contributed by atoms with Gasteiger partial charge in [-0.15, -0.1) is 0 Å². The molecule has 0 saturated heterocycles. The molecule has 0 bridgehead atoms. The fraction of sp³-hybridized carbons (Fsp3) is 0.296. The molecule has 0 heterocycles. The van der Waals surface area contributed by atoms with E-state index in [0.29, 0.717) is 12.1 Å². The summed E-state index contributed by atoms with van der Waals surface area (Å²) in [7, 11) is 2.50. The van der Waals surface area contributed by atoms with Crippen molar-refractivity contribution in [3.63, 3.8) is 0 Å². The first kappa shape index (κ1) is 23.8. The Labute approximate surface area is 196 Å². The predicted octanol–water partition coefficient (Wildman–Crippen LogP) is 5.35. The smallest absolute Gasteiger partial charge is 0.416 e. The number of fused-ring (bicyclic) bond motifs is 1. The third-order valence-corrected chi connectivity index (χ3v) is 6.23. The van der Waals surface area contributed by atoms with Gasteiger partial charge in [-0.2, -0.15) is 13.2 Å². The molecule has 3 aromatic rings. The first-order valence-corrected chi connectivity index (χ1v) is 11.0. The van der Waals surface area contributed by atoms with Gasteiger partial charge in [-0.1, -0.05) is 48.5 Å². The molecule has 34 heavy (non-hydrogen) atoms. The van der Waals surface area contributed by atoms with Gasteiger partial charge in [0, 0.05) is 18.2 Å². The molecule has 3 aromatic carbocycles. The summed E-state index contributed by atoms with van der Waals surface area (Å²) < 4.78 is 51.1. The fourth-order valence-electron chi connectivity index (χ4n) is 4.54. The Kier molecular flexibility index (Phi) is 6.93. The molecular weight excluding hydrogens is 443 g/mol. The number of alkyl halides is 3. The number of carbonyl (C=O) groups is 1. The normalized spacial score (nSPS) is 13.6. The van der Waals surface area contributed by atoms with Gasteiger partial charge in [-0.05, 0) is 52.8 Å². The van der Waals surface area contributed by atoms with Crippen LogP contribution in [0.3, 0.4) is 0 Å². The zero-order valence-electron chi connectivity index (χ0n) is 19.0. The van der Waals surface area contributed by atoms with Crippen LogP contribution >= 0.6 is 0 Å². The van der Waals surface area contributed by atoms with Crippen LogP contribution in [-0.4, -0.2) is 26.2 Å². The van der Waals surface area contributed by atoms with E-state index in [4.69, 9.17) is 4.74 Å². The molecule has 0 aromatic heterocycles. The van der Waals surface area contributed by atoms with Gasteiger partial charge in [-0.25, -0.2) is 0 Å². The minimum atomic E-state index is -4.63. The van der Waals surface area contributed by atoms with Crippen LogP contribution in [0.15, 0.2) is 60.7 Å². The lowest BCUT2D eigenvalue weighted by atomic mass is 9.93. The van der Waals surface area contributed by atoms with Crippen molar-refractivity contribution >= 4 is 5.97 Å². The summed E-state index contributed by atoms with van der Waals surface area (Å²) in [4.78, 5) is 11.8. The SMILES string of the molecule is COC(=O)Cc1cc(-c2ccccc2CNC2Cc3ccccc3C2)c(OC)cc1C(F)(F)F. The van der Waals surface area contributed by atoms with Crippen LogP contribution < -0.4 is 10.1 Å². The number of ether oxygens (including phenoxy) is 2. The number of hydrogen-bond acceptors (Lipinski definition) is 4. The highest BCUT2D eigenvalue weighted by molar-refractivity contribution is 5.78. The number of halogens is 3. The molecule has 7 heteroatoms. The summed E-state index contributed by atoms with van der Waals surface area (Å²) in [6.45, 7) is 0.547. The van der Waals surface area contributed by atoms with E-state index in [0.717, 1.165) is 37.1 Å². The molecule has 4 rings (SSSR count). The molecule has 0 aliphatic heterocycles. The van der Waals surface area contributed by atoms with Crippen LogP contribution in [0.25, 0.3) is 11.1 Å². The second kappa shape index (κ2) is 9.89. The molecule has 0 fully saturated rings. The lowest BCUT2D eigenvalue weighted by molar-refractivity contribution is -0.141. The second-order valence-electron chi connectivity index (χ2n) is 8.37. The summed E-state index contributed by atoms with van der Waals surface area (Å²) in [6, 6.07) is 18.5. The summed E-state index contributed by atoms with van der Waals surface area (Å²) in [6.07, 6.45) is -3.24. The lowest BCUT2D eigenvalue weighted by Gasteiger charge is -2.20. The zero-order chi connectivity index (χ0) is 24.3. The van der Waals surface area contributed by atoms with Crippen molar-refractivity contribution in [1.29, 1.82) is 0 Å². The van der Waals surface area contributed by atoms with Crippen LogP contribution in [0.5, 0.6) is 5.75 Å². The highest BCUT2D eigenvalue weighted by Crippen LogP contribution is 2.41. The van der Waals surface area contributed by atoms with Crippen LogP contribution in [0, 0.1) is 0 Å². The average molecular weight is 470 g/mol. The van der Waals surface area contributed by atoms with Gasteiger partial charge < -0.3 is 14.8 Å². The number of hydrogen-bond donors (Lipinski definition) is 1. The predicted molar refractivity (Wildman–Crippen MR) is 124 cm³/mol. The highest BCUT2D eigenvalue weighted by Gasteiger charge is 2.35. The number of esters is 1. The summed E-state index contributed by atoms with van der Waals surface area (Å²) in [5, 5.41) is 3.59. The minimum Gasteiger partial charge on any atom is -0.496 e. The van der Waals surface area contributed by atoms with Crippen LogP contribution in [0.2, 0.25) is 0 Å².